The van der Waals surface area contributed by atoms with Gasteiger partial charge in [0.2, 0.25) is 5.91 Å². The van der Waals surface area contributed by atoms with Crippen molar-refractivity contribution in [2.75, 3.05) is 13.1 Å². The second-order valence-electron chi connectivity index (χ2n) is 4.75. The van der Waals surface area contributed by atoms with Crippen LogP contribution in [0, 0.1) is 18.3 Å². The summed E-state index contributed by atoms with van der Waals surface area (Å²) in [5.74, 6) is 3.08. The van der Waals surface area contributed by atoms with Crippen LogP contribution in [0.15, 0.2) is 30.3 Å². The van der Waals surface area contributed by atoms with E-state index in [0.717, 1.165) is 12.1 Å². The Bertz CT molecular complexity index is 445. The van der Waals surface area contributed by atoms with E-state index in [1.165, 1.54) is 12.8 Å². The van der Waals surface area contributed by atoms with Crippen molar-refractivity contribution < 1.29 is 4.79 Å². The first kappa shape index (κ1) is 12.7. The van der Waals surface area contributed by atoms with E-state index >= 15 is 0 Å². The van der Waals surface area contributed by atoms with E-state index in [1.807, 2.05) is 30.3 Å². The molecule has 3 heteroatoms. The Kier molecular flexibility index (Phi) is 4.01. The van der Waals surface area contributed by atoms with Crippen LogP contribution in [0.1, 0.15) is 24.4 Å². The van der Waals surface area contributed by atoms with E-state index in [9.17, 15) is 4.79 Å². The van der Waals surface area contributed by atoms with Crippen LogP contribution in [0.3, 0.4) is 0 Å². The molecule has 0 aliphatic heterocycles. The number of nitrogens with zero attached hydrogens (tertiary/aromatic N) is 1. The molecule has 0 aromatic heterocycles. The van der Waals surface area contributed by atoms with E-state index in [1.54, 1.807) is 4.90 Å². The zero-order valence-corrected chi connectivity index (χ0v) is 10.4. The Morgan fingerprint density at radius 3 is 2.67 bits per heavy atom. The second-order valence-corrected chi connectivity index (χ2v) is 4.75. The molecule has 1 saturated carbocycles. The average Bonchev–Trinajstić information content (AvgIpc) is 3.21. The van der Waals surface area contributed by atoms with Crippen molar-refractivity contribution in [3.05, 3.63) is 35.9 Å². The fourth-order valence-corrected chi connectivity index (χ4v) is 1.95. The Balaban J connectivity index is 2.05. The summed E-state index contributed by atoms with van der Waals surface area (Å²) >= 11 is 0. The van der Waals surface area contributed by atoms with Crippen molar-refractivity contribution in [1.82, 2.24) is 4.90 Å². The van der Waals surface area contributed by atoms with Crippen molar-refractivity contribution in [3.8, 4) is 12.3 Å². The van der Waals surface area contributed by atoms with Crippen molar-refractivity contribution in [1.29, 1.82) is 0 Å². The van der Waals surface area contributed by atoms with E-state index in [0.29, 0.717) is 12.5 Å². The predicted molar refractivity (Wildman–Crippen MR) is 71.5 cm³/mol. The maximum Gasteiger partial charge on any atom is 0.244 e. The summed E-state index contributed by atoms with van der Waals surface area (Å²) < 4.78 is 0. The first-order chi connectivity index (χ1) is 8.72. The molecule has 1 aliphatic carbocycles. The van der Waals surface area contributed by atoms with Gasteiger partial charge in [0.25, 0.3) is 0 Å². The quantitative estimate of drug-likeness (QED) is 0.796. The zero-order chi connectivity index (χ0) is 13.0. The molecule has 2 N–H and O–H groups in total. The molecule has 18 heavy (non-hydrogen) atoms. The molecule has 0 spiro atoms. The lowest BCUT2D eigenvalue weighted by Crippen LogP contribution is -2.40. The first-order valence-corrected chi connectivity index (χ1v) is 6.25. The largest absolute Gasteiger partial charge is 0.330 e. The third-order valence-corrected chi connectivity index (χ3v) is 3.19. The highest BCUT2D eigenvalue weighted by molar-refractivity contribution is 5.83. The predicted octanol–water partition coefficient (Wildman–Crippen LogP) is 1.56. The van der Waals surface area contributed by atoms with Crippen LogP contribution in [0.25, 0.3) is 0 Å². The number of terminal acetylenes is 1. The molecule has 1 amide bonds. The van der Waals surface area contributed by atoms with Crippen LogP contribution in [-0.4, -0.2) is 23.9 Å². The van der Waals surface area contributed by atoms with Crippen molar-refractivity contribution in [2.45, 2.75) is 18.9 Å². The number of nitrogens with two attached hydrogens (primary N) is 1. The van der Waals surface area contributed by atoms with E-state index < -0.39 is 6.04 Å². The molecular formula is C15H18N2O. The van der Waals surface area contributed by atoms with Gasteiger partial charge < -0.3 is 10.6 Å². The van der Waals surface area contributed by atoms with Gasteiger partial charge in [-0.05, 0) is 24.3 Å². The fraction of sp³-hybridized carbons (Fsp3) is 0.400. The van der Waals surface area contributed by atoms with Crippen LogP contribution in [0.2, 0.25) is 0 Å². The molecule has 0 heterocycles. The van der Waals surface area contributed by atoms with Crippen LogP contribution in [-0.2, 0) is 4.79 Å². The third kappa shape index (κ3) is 3.12. The Morgan fingerprint density at radius 1 is 1.44 bits per heavy atom. The van der Waals surface area contributed by atoms with Crippen LogP contribution < -0.4 is 5.73 Å². The lowest BCUT2D eigenvalue weighted by molar-refractivity contribution is -0.132. The first-order valence-electron chi connectivity index (χ1n) is 6.25. The van der Waals surface area contributed by atoms with Gasteiger partial charge in [-0.2, -0.15) is 0 Å². The van der Waals surface area contributed by atoms with Gasteiger partial charge in [-0.25, -0.2) is 0 Å². The summed E-state index contributed by atoms with van der Waals surface area (Å²) in [5, 5.41) is 0. The molecule has 0 saturated heterocycles. The van der Waals surface area contributed by atoms with Gasteiger partial charge >= 0.3 is 0 Å². The minimum absolute atomic E-state index is 0.0777. The Hall–Kier alpha value is -1.79. The smallest absolute Gasteiger partial charge is 0.244 e. The fourth-order valence-electron chi connectivity index (χ4n) is 1.95. The highest BCUT2D eigenvalue weighted by Crippen LogP contribution is 2.30. The minimum Gasteiger partial charge on any atom is -0.330 e. The molecule has 3 nitrogen and oxygen atoms in total. The van der Waals surface area contributed by atoms with Crippen molar-refractivity contribution in [3.63, 3.8) is 0 Å². The maximum absolute atomic E-state index is 12.3. The topological polar surface area (TPSA) is 46.3 Å². The zero-order valence-electron chi connectivity index (χ0n) is 10.4. The summed E-state index contributed by atoms with van der Waals surface area (Å²) in [7, 11) is 0. The standard InChI is InChI=1S/C15H18N2O/c1-2-10-17(11-12-8-9-12)15(18)14(16)13-6-4-3-5-7-13/h1,3-7,12,14H,8-11,16H2. The molecule has 1 fully saturated rings. The monoisotopic (exact) mass is 242 g/mol. The molecule has 1 unspecified atom stereocenters. The van der Waals surface area contributed by atoms with Gasteiger partial charge in [-0.15, -0.1) is 6.42 Å². The Morgan fingerprint density at radius 2 is 2.11 bits per heavy atom. The molecule has 1 atom stereocenters. The van der Waals surface area contributed by atoms with Crippen LogP contribution in [0.4, 0.5) is 0 Å². The second kappa shape index (κ2) is 5.70. The molecule has 1 aromatic rings. The number of carbonyl (C=O) groups excluding carboxylic acids is 1. The van der Waals surface area contributed by atoms with Gasteiger partial charge in [0.05, 0.1) is 6.54 Å². The molecule has 94 valence electrons. The van der Waals surface area contributed by atoms with Gasteiger partial charge in [0.15, 0.2) is 0 Å². The SMILES string of the molecule is C#CCN(CC1CC1)C(=O)C(N)c1ccccc1. The van der Waals surface area contributed by atoms with E-state index in [-0.39, 0.29) is 5.91 Å². The van der Waals surface area contributed by atoms with Gasteiger partial charge in [-0.3, -0.25) is 4.79 Å². The summed E-state index contributed by atoms with van der Waals surface area (Å²) in [6.45, 7) is 1.08. The van der Waals surface area contributed by atoms with Gasteiger partial charge in [0, 0.05) is 6.54 Å². The highest BCUT2D eigenvalue weighted by atomic mass is 16.2. The molecule has 0 bridgehead atoms. The highest BCUT2D eigenvalue weighted by Gasteiger charge is 2.29. The van der Waals surface area contributed by atoms with Crippen molar-refractivity contribution >= 4 is 5.91 Å². The van der Waals surface area contributed by atoms with Crippen molar-refractivity contribution in [2.24, 2.45) is 11.7 Å². The maximum atomic E-state index is 12.3. The lowest BCUT2D eigenvalue weighted by Gasteiger charge is -2.23. The summed E-state index contributed by atoms with van der Waals surface area (Å²) in [5.41, 5.74) is 6.84. The Labute approximate surface area is 108 Å². The van der Waals surface area contributed by atoms with Gasteiger partial charge in [-0.1, -0.05) is 36.3 Å². The van der Waals surface area contributed by atoms with E-state index in [4.69, 9.17) is 12.2 Å². The summed E-state index contributed by atoms with van der Waals surface area (Å²) in [4.78, 5) is 14.0. The number of rotatable bonds is 5. The number of carbonyl (C=O) groups is 1. The third-order valence-electron chi connectivity index (χ3n) is 3.19. The number of hydrogen-bond acceptors (Lipinski definition) is 2. The lowest BCUT2D eigenvalue weighted by atomic mass is 10.1. The van der Waals surface area contributed by atoms with E-state index in [2.05, 4.69) is 5.92 Å². The summed E-state index contributed by atoms with van der Waals surface area (Å²) in [6.07, 6.45) is 7.70. The minimum atomic E-state index is -0.613. The normalized spacial score (nSPS) is 15.8. The molecule has 2 rings (SSSR count). The molecular weight excluding hydrogens is 224 g/mol. The molecule has 1 aromatic carbocycles. The number of hydrogen-bond donors (Lipinski definition) is 1. The van der Waals surface area contributed by atoms with Crippen LogP contribution >= 0.6 is 0 Å². The van der Waals surface area contributed by atoms with Crippen LogP contribution in [0.5, 0.6) is 0 Å². The van der Waals surface area contributed by atoms with Gasteiger partial charge in [0.1, 0.15) is 6.04 Å². The molecule has 1 aliphatic rings. The molecule has 0 radical (unpaired) electrons. The average molecular weight is 242 g/mol. The number of benzene rings is 1. The summed E-state index contributed by atoms with van der Waals surface area (Å²) in [6, 6.07) is 8.80. The number of amides is 1.